The third kappa shape index (κ3) is 4.87. The third-order valence-electron chi connectivity index (χ3n) is 3.81. The average Bonchev–Trinajstić information content (AvgIpc) is 2.72. The molecule has 0 fully saturated rings. The Morgan fingerprint density at radius 1 is 1.04 bits per heavy atom. The smallest absolute Gasteiger partial charge is 0.344 e. The lowest BCUT2D eigenvalue weighted by Crippen LogP contribution is -2.23. The van der Waals surface area contributed by atoms with E-state index in [1.807, 2.05) is 36.4 Å². The van der Waals surface area contributed by atoms with Crippen molar-refractivity contribution in [3.8, 4) is 11.8 Å². The zero-order valence-electron chi connectivity index (χ0n) is 14.6. The minimum absolute atomic E-state index is 0.325. The number of amides is 1. The lowest BCUT2D eigenvalue weighted by Gasteiger charge is -2.10. The van der Waals surface area contributed by atoms with Crippen LogP contribution in [0.2, 0.25) is 0 Å². The van der Waals surface area contributed by atoms with Crippen molar-refractivity contribution in [3.63, 3.8) is 0 Å². The summed E-state index contributed by atoms with van der Waals surface area (Å²) in [6.45, 7) is -0.772. The molecule has 0 aliphatic carbocycles. The fourth-order valence-corrected chi connectivity index (χ4v) is 3.12. The molecule has 0 heterocycles. The molecule has 3 rings (SSSR count). The third-order valence-corrected chi connectivity index (χ3v) is 4.63. The summed E-state index contributed by atoms with van der Waals surface area (Å²) in [6.07, 6.45) is 0. The number of carbonyl (C=O) groups excluding carboxylic acids is 2. The van der Waals surface area contributed by atoms with Gasteiger partial charge in [0.25, 0.3) is 5.91 Å². The molecule has 0 atom stereocenters. The van der Waals surface area contributed by atoms with Crippen molar-refractivity contribution in [2.45, 2.75) is 0 Å². The van der Waals surface area contributed by atoms with E-state index in [1.54, 1.807) is 24.3 Å². The number of nitrogens with zero attached hydrogens (tertiary/aromatic N) is 1. The molecule has 6 nitrogen and oxygen atoms in total. The maximum atomic E-state index is 11.9. The Morgan fingerprint density at radius 3 is 2.68 bits per heavy atom. The Kier molecular flexibility index (Phi) is 6.25. The molecule has 0 aliphatic rings. The van der Waals surface area contributed by atoms with Crippen molar-refractivity contribution >= 4 is 44.3 Å². The number of fused-ring (bicyclic) bond motifs is 1. The first-order chi connectivity index (χ1) is 13.6. The standard InChI is InChI=1S/C21H15BrN2O4/c22-21-17-7-2-1-5-15(17)8-9-18(21)27-13-20(26)28-12-19(25)24-16-6-3-4-14(10-16)11-23/h1-10H,12-13H2,(H,24,25). The van der Waals surface area contributed by atoms with E-state index in [2.05, 4.69) is 21.2 Å². The summed E-state index contributed by atoms with van der Waals surface area (Å²) in [7, 11) is 0. The van der Waals surface area contributed by atoms with Gasteiger partial charge in [-0.25, -0.2) is 4.79 Å². The van der Waals surface area contributed by atoms with Crippen molar-refractivity contribution in [2.24, 2.45) is 0 Å². The van der Waals surface area contributed by atoms with Crippen LogP contribution in [0.15, 0.2) is 65.1 Å². The first kappa shape index (κ1) is 19.4. The maximum absolute atomic E-state index is 11.9. The molecule has 28 heavy (non-hydrogen) atoms. The van der Waals surface area contributed by atoms with Crippen molar-refractivity contribution in [1.82, 2.24) is 0 Å². The minimum atomic E-state index is -0.666. The number of hydrogen-bond acceptors (Lipinski definition) is 5. The van der Waals surface area contributed by atoms with Crippen LogP contribution in [0, 0.1) is 11.3 Å². The van der Waals surface area contributed by atoms with Crippen LogP contribution in [0.5, 0.6) is 5.75 Å². The topological polar surface area (TPSA) is 88.4 Å². The van der Waals surface area contributed by atoms with Gasteiger partial charge in [-0.05, 0) is 51.0 Å². The second kappa shape index (κ2) is 9.02. The molecule has 1 N–H and O–H groups in total. The van der Waals surface area contributed by atoms with Crippen LogP contribution in [0.4, 0.5) is 5.69 Å². The number of nitriles is 1. The van der Waals surface area contributed by atoms with E-state index >= 15 is 0 Å². The zero-order chi connectivity index (χ0) is 19.9. The van der Waals surface area contributed by atoms with Gasteiger partial charge in [0, 0.05) is 5.69 Å². The molecule has 0 aliphatic heterocycles. The van der Waals surface area contributed by atoms with Gasteiger partial charge in [-0.1, -0.05) is 36.4 Å². The van der Waals surface area contributed by atoms with Gasteiger partial charge in [0.05, 0.1) is 16.1 Å². The summed E-state index contributed by atoms with van der Waals surface area (Å²) >= 11 is 3.48. The highest BCUT2D eigenvalue weighted by Crippen LogP contribution is 2.32. The number of rotatable bonds is 6. The van der Waals surface area contributed by atoms with Crippen LogP contribution < -0.4 is 10.1 Å². The number of ether oxygens (including phenoxy) is 2. The number of nitrogens with one attached hydrogen (secondary N) is 1. The Morgan fingerprint density at radius 2 is 1.86 bits per heavy atom. The lowest BCUT2D eigenvalue weighted by molar-refractivity contribution is -0.149. The van der Waals surface area contributed by atoms with Gasteiger partial charge >= 0.3 is 5.97 Å². The number of benzene rings is 3. The van der Waals surface area contributed by atoms with Crippen molar-refractivity contribution in [1.29, 1.82) is 5.26 Å². The predicted molar refractivity (Wildman–Crippen MR) is 108 cm³/mol. The van der Waals surface area contributed by atoms with E-state index in [0.717, 1.165) is 15.2 Å². The molecule has 1 amide bonds. The number of anilines is 1. The van der Waals surface area contributed by atoms with Crippen LogP contribution >= 0.6 is 15.9 Å². The molecule has 3 aromatic carbocycles. The monoisotopic (exact) mass is 438 g/mol. The van der Waals surface area contributed by atoms with Gasteiger partial charge in [-0.15, -0.1) is 0 Å². The van der Waals surface area contributed by atoms with E-state index < -0.39 is 18.5 Å². The fourth-order valence-electron chi connectivity index (χ4n) is 2.51. The zero-order valence-corrected chi connectivity index (χ0v) is 16.2. The summed E-state index contributed by atoms with van der Waals surface area (Å²) in [5.41, 5.74) is 0.876. The van der Waals surface area contributed by atoms with Gasteiger partial charge < -0.3 is 14.8 Å². The van der Waals surface area contributed by atoms with Crippen LogP contribution in [0.1, 0.15) is 5.56 Å². The van der Waals surface area contributed by atoms with E-state index in [-0.39, 0.29) is 6.61 Å². The Labute approximate surface area is 169 Å². The molecular weight excluding hydrogens is 424 g/mol. The fraction of sp³-hybridized carbons (Fsp3) is 0.0952. The van der Waals surface area contributed by atoms with E-state index in [0.29, 0.717) is 17.0 Å². The van der Waals surface area contributed by atoms with Crippen molar-refractivity contribution in [2.75, 3.05) is 18.5 Å². The van der Waals surface area contributed by atoms with E-state index in [1.165, 1.54) is 6.07 Å². The molecule has 0 spiro atoms. The van der Waals surface area contributed by atoms with Crippen LogP contribution in [0.25, 0.3) is 10.8 Å². The summed E-state index contributed by atoms with van der Waals surface area (Å²) in [5.74, 6) is -0.662. The van der Waals surface area contributed by atoms with E-state index in [4.69, 9.17) is 14.7 Å². The van der Waals surface area contributed by atoms with Crippen LogP contribution in [-0.4, -0.2) is 25.1 Å². The molecule has 0 radical (unpaired) electrons. The van der Waals surface area contributed by atoms with Gasteiger partial charge in [0.15, 0.2) is 13.2 Å². The molecular formula is C21H15BrN2O4. The first-order valence-electron chi connectivity index (χ1n) is 8.32. The second-order valence-electron chi connectivity index (χ2n) is 5.79. The summed E-state index contributed by atoms with van der Waals surface area (Å²) in [5, 5.41) is 13.4. The number of carbonyl (C=O) groups is 2. The predicted octanol–water partition coefficient (Wildman–Crippen LogP) is 4.03. The second-order valence-corrected chi connectivity index (χ2v) is 6.58. The molecule has 0 aromatic heterocycles. The van der Waals surface area contributed by atoms with Crippen molar-refractivity contribution < 1.29 is 19.1 Å². The molecule has 7 heteroatoms. The summed E-state index contributed by atoms with van der Waals surface area (Å²) in [6, 6.07) is 19.8. The molecule has 0 bridgehead atoms. The minimum Gasteiger partial charge on any atom is -0.481 e. The number of halogens is 1. The Balaban J connectivity index is 1.50. The largest absolute Gasteiger partial charge is 0.481 e. The SMILES string of the molecule is N#Cc1cccc(NC(=O)COC(=O)COc2ccc3ccccc3c2Br)c1. The number of esters is 1. The molecule has 0 saturated heterocycles. The lowest BCUT2D eigenvalue weighted by atomic mass is 10.1. The van der Waals surface area contributed by atoms with Crippen LogP contribution in [-0.2, 0) is 14.3 Å². The molecule has 0 saturated carbocycles. The highest BCUT2D eigenvalue weighted by atomic mass is 79.9. The molecule has 3 aromatic rings. The van der Waals surface area contributed by atoms with Gasteiger partial charge in [-0.3, -0.25) is 4.79 Å². The number of hydrogen-bond donors (Lipinski definition) is 1. The summed E-state index contributed by atoms with van der Waals surface area (Å²) < 4.78 is 11.2. The highest BCUT2D eigenvalue weighted by Gasteiger charge is 2.11. The molecule has 140 valence electrons. The normalized spacial score (nSPS) is 10.1. The Bertz CT molecular complexity index is 1080. The van der Waals surface area contributed by atoms with Crippen molar-refractivity contribution in [3.05, 3.63) is 70.7 Å². The quantitative estimate of drug-likeness (QED) is 0.586. The molecule has 0 unspecified atom stereocenters. The summed E-state index contributed by atoms with van der Waals surface area (Å²) in [4.78, 5) is 23.7. The van der Waals surface area contributed by atoms with Gasteiger partial charge in [0.2, 0.25) is 0 Å². The Hall–Kier alpha value is -3.37. The van der Waals surface area contributed by atoms with Crippen LogP contribution in [0.3, 0.4) is 0 Å². The maximum Gasteiger partial charge on any atom is 0.344 e. The van der Waals surface area contributed by atoms with Gasteiger partial charge in [-0.2, -0.15) is 5.26 Å². The van der Waals surface area contributed by atoms with E-state index in [9.17, 15) is 9.59 Å². The average molecular weight is 439 g/mol. The highest BCUT2D eigenvalue weighted by molar-refractivity contribution is 9.10. The first-order valence-corrected chi connectivity index (χ1v) is 9.12. The van der Waals surface area contributed by atoms with Gasteiger partial charge in [0.1, 0.15) is 5.75 Å².